The Morgan fingerprint density at radius 2 is 1.76 bits per heavy atom. The van der Waals surface area contributed by atoms with Crippen molar-refractivity contribution in [2.75, 3.05) is 18.4 Å². The van der Waals surface area contributed by atoms with Gasteiger partial charge in [-0.15, -0.1) is 0 Å². The molecule has 1 aliphatic heterocycles. The van der Waals surface area contributed by atoms with Crippen LogP contribution in [0, 0.1) is 12.3 Å². The van der Waals surface area contributed by atoms with Crippen LogP contribution in [-0.4, -0.2) is 44.5 Å². The first-order chi connectivity index (χ1) is 16.5. The standard InChI is InChI=1S/C26H25ClN6O/c1-17-13-23(33(31-17)22-9-6-18-14-21(27)8-5-19(18)15-22)26(34)30-24-10-7-20(16-29-24)25(28)32-11-3-2-4-12-32/h5-10,13-16,28H,2-4,11-12H2,1H3,(H,29,30,34). The summed E-state index contributed by atoms with van der Waals surface area (Å²) in [5, 5.41) is 18.5. The Balaban J connectivity index is 1.36. The highest BCUT2D eigenvalue weighted by atomic mass is 35.5. The molecule has 1 amide bonds. The third-order valence-corrected chi connectivity index (χ3v) is 6.28. The van der Waals surface area contributed by atoms with Crippen molar-refractivity contribution < 1.29 is 4.79 Å². The number of amides is 1. The number of aromatic nitrogens is 3. The molecule has 4 aromatic rings. The number of benzene rings is 2. The van der Waals surface area contributed by atoms with Crippen molar-refractivity contribution in [1.82, 2.24) is 19.7 Å². The van der Waals surface area contributed by atoms with Crippen LogP contribution in [0.4, 0.5) is 5.82 Å². The average Bonchev–Trinajstić information content (AvgIpc) is 3.26. The van der Waals surface area contributed by atoms with E-state index in [0.717, 1.165) is 53.6 Å². The lowest BCUT2D eigenvalue weighted by Crippen LogP contribution is -2.35. The van der Waals surface area contributed by atoms with Crippen LogP contribution < -0.4 is 5.32 Å². The second-order valence-electron chi connectivity index (χ2n) is 8.54. The zero-order valence-corrected chi connectivity index (χ0v) is 19.6. The first-order valence-corrected chi connectivity index (χ1v) is 11.7. The van der Waals surface area contributed by atoms with Gasteiger partial charge in [-0.05, 0) is 79.4 Å². The molecule has 0 radical (unpaired) electrons. The minimum atomic E-state index is -0.303. The van der Waals surface area contributed by atoms with Crippen molar-refractivity contribution >= 4 is 39.9 Å². The molecule has 8 heteroatoms. The van der Waals surface area contributed by atoms with Crippen LogP contribution in [0.3, 0.4) is 0 Å². The van der Waals surface area contributed by atoms with Crippen LogP contribution in [0.25, 0.3) is 16.5 Å². The summed E-state index contributed by atoms with van der Waals surface area (Å²) in [5.74, 6) is 0.610. The molecule has 0 atom stereocenters. The molecule has 0 saturated carbocycles. The van der Waals surface area contributed by atoms with Crippen molar-refractivity contribution in [3.8, 4) is 5.69 Å². The molecule has 0 unspecified atom stereocenters. The topological polar surface area (TPSA) is 86.9 Å². The molecular weight excluding hydrogens is 448 g/mol. The molecule has 0 aliphatic carbocycles. The molecule has 34 heavy (non-hydrogen) atoms. The minimum absolute atomic E-state index is 0.303. The molecular formula is C26H25ClN6O. The number of nitrogens with one attached hydrogen (secondary N) is 2. The number of anilines is 1. The molecule has 3 heterocycles. The number of likely N-dealkylation sites (tertiary alicyclic amines) is 1. The largest absolute Gasteiger partial charge is 0.357 e. The van der Waals surface area contributed by atoms with Gasteiger partial charge in [-0.25, -0.2) is 9.67 Å². The van der Waals surface area contributed by atoms with Crippen LogP contribution in [-0.2, 0) is 0 Å². The SMILES string of the molecule is Cc1cc(C(=O)Nc2ccc(C(=N)N3CCCCC3)cn2)n(-c2ccc3cc(Cl)ccc3c2)n1. The van der Waals surface area contributed by atoms with Gasteiger partial charge in [0.2, 0.25) is 0 Å². The third-order valence-electron chi connectivity index (χ3n) is 6.05. The van der Waals surface area contributed by atoms with Crippen molar-refractivity contribution in [2.45, 2.75) is 26.2 Å². The number of hydrogen-bond donors (Lipinski definition) is 2. The van der Waals surface area contributed by atoms with Gasteiger partial charge in [0, 0.05) is 29.9 Å². The summed E-state index contributed by atoms with van der Waals surface area (Å²) in [6.45, 7) is 3.66. The highest BCUT2D eigenvalue weighted by molar-refractivity contribution is 6.31. The van der Waals surface area contributed by atoms with E-state index in [1.807, 2.05) is 49.4 Å². The summed E-state index contributed by atoms with van der Waals surface area (Å²) in [6.07, 6.45) is 5.09. The predicted octanol–water partition coefficient (Wildman–Crippen LogP) is 5.45. The Hall–Kier alpha value is -3.71. The zero-order chi connectivity index (χ0) is 23.7. The molecule has 1 fully saturated rings. The molecule has 0 bridgehead atoms. The van der Waals surface area contributed by atoms with Crippen molar-refractivity contribution in [1.29, 1.82) is 5.41 Å². The summed E-state index contributed by atoms with van der Waals surface area (Å²) in [4.78, 5) is 19.6. The molecule has 2 aromatic heterocycles. The van der Waals surface area contributed by atoms with E-state index in [2.05, 4.69) is 20.3 Å². The van der Waals surface area contributed by atoms with Crippen LogP contribution in [0.5, 0.6) is 0 Å². The Kier molecular flexibility index (Phi) is 6.02. The Labute approximate surface area is 202 Å². The fourth-order valence-electron chi connectivity index (χ4n) is 4.28. The van der Waals surface area contributed by atoms with Gasteiger partial charge in [0.1, 0.15) is 17.3 Å². The van der Waals surface area contributed by atoms with Crippen LogP contribution >= 0.6 is 11.6 Å². The smallest absolute Gasteiger partial charge is 0.275 e. The van der Waals surface area contributed by atoms with E-state index in [0.29, 0.717) is 22.4 Å². The van der Waals surface area contributed by atoms with E-state index < -0.39 is 0 Å². The molecule has 5 rings (SSSR count). The van der Waals surface area contributed by atoms with E-state index in [4.69, 9.17) is 17.0 Å². The van der Waals surface area contributed by atoms with Gasteiger partial charge in [-0.3, -0.25) is 10.2 Å². The summed E-state index contributed by atoms with van der Waals surface area (Å²) >= 11 is 6.10. The number of carbonyl (C=O) groups is 1. The van der Waals surface area contributed by atoms with Crippen molar-refractivity contribution in [3.05, 3.63) is 82.8 Å². The van der Waals surface area contributed by atoms with Crippen molar-refractivity contribution in [3.63, 3.8) is 0 Å². The predicted molar refractivity (Wildman–Crippen MR) is 135 cm³/mol. The highest BCUT2D eigenvalue weighted by Crippen LogP contribution is 2.23. The maximum atomic E-state index is 13.1. The molecule has 172 valence electrons. The molecule has 7 nitrogen and oxygen atoms in total. The second-order valence-corrected chi connectivity index (χ2v) is 8.98. The maximum absolute atomic E-state index is 13.1. The number of rotatable bonds is 4. The lowest BCUT2D eigenvalue weighted by Gasteiger charge is -2.28. The number of carbonyl (C=O) groups excluding carboxylic acids is 1. The van der Waals surface area contributed by atoms with E-state index >= 15 is 0 Å². The fourth-order valence-corrected chi connectivity index (χ4v) is 4.46. The minimum Gasteiger partial charge on any atom is -0.357 e. The number of amidine groups is 1. The van der Waals surface area contributed by atoms with Crippen LogP contribution in [0.2, 0.25) is 5.02 Å². The number of aryl methyl sites for hydroxylation is 1. The summed E-state index contributed by atoms with van der Waals surface area (Å²) in [6, 6.07) is 16.9. The van der Waals surface area contributed by atoms with Gasteiger partial charge in [-0.2, -0.15) is 5.10 Å². The number of halogens is 1. The third kappa shape index (κ3) is 4.52. The zero-order valence-electron chi connectivity index (χ0n) is 18.9. The summed E-state index contributed by atoms with van der Waals surface area (Å²) < 4.78 is 1.64. The Bertz CT molecular complexity index is 1370. The normalized spacial score (nSPS) is 13.8. The first-order valence-electron chi connectivity index (χ1n) is 11.4. The number of nitrogens with zero attached hydrogens (tertiary/aromatic N) is 4. The lowest BCUT2D eigenvalue weighted by molar-refractivity contribution is 0.101. The lowest BCUT2D eigenvalue weighted by atomic mass is 10.1. The quantitative estimate of drug-likeness (QED) is 0.305. The van der Waals surface area contributed by atoms with Gasteiger partial charge in [0.15, 0.2) is 0 Å². The van der Waals surface area contributed by atoms with Crippen LogP contribution in [0.1, 0.15) is 41.0 Å². The van der Waals surface area contributed by atoms with Gasteiger partial charge in [0.25, 0.3) is 5.91 Å². The number of pyridine rings is 1. The number of hydrogen-bond acceptors (Lipinski definition) is 4. The summed E-state index contributed by atoms with van der Waals surface area (Å²) in [7, 11) is 0. The summed E-state index contributed by atoms with van der Waals surface area (Å²) in [5.41, 5.74) is 2.68. The van der Waals surface area contributed by atoms with Crippen LogP contribution in [0.15, 0.2) is 60.8 Å². The first kappa shape index (κ1) is 22.1. The van der Waals surface area contributed by atoms with Gasteiger partial charge in [0.05, 0.1) is 11.4 Å². The second kappa shape index (κ2) is 9.27. The Morgan fingerprint density at radius 3 is 2.53 bits per heavy atom. The van der Waals surface area contributed by atoms with Gasteiger partial charge in [-0.1, -0.05) is 23.7 Å². The fraction of sp³-hybridized carbons (Fsp3) is 0.231. The molecule has 0 spiro atoms. The maximum Gasteiger partial charge on any atom is 0.275 e. The van der Waals surface area contributed by atoms with E-state index in [1.54, 1.807) is 23.0 Å². The van der Waals surface area contributed by atoms with E-state index in [1.165, 1.54) is 6.42 Å². The average molecular weight is 473 g/mol. The highest BCUT2D eigenvalue weighted by Gasteiger charge is 2.18. The van der Waals surface area contributed by atoms with Gasteiger partial charge < -0.3 is 10.2 Å². The number of piperidine rings is 1. The molecule has 1 saturated heterocycles. The molecule has 2 aromatic carbocycles. The van der Waals surface area contributed by atoms with E-state index in [9.17, 15) is 4.79 Å². The van der Waals surface area contributed by atoms with E-state index in [-0.39, 0.29) is 5.91 Å². The Morgan fingerprint density at radius 1 is 1.00 bits per heavy atom. The molecule has 2 N–H and O–H groups in total. The van der Waals surface area contributed by atoms with Crippen molar-refractivity contribution in [2.24, 2.45) is 0 Å². The number of fused-ring (bicyclic) bond motifs is 1. The molecule has 1 aliphatic rings. The monoisotopic (exact) mass is 472 g/mol. The van der Waals surface area contributed by atoms with Gasteiger partial charge >= 0.3 is 0 Å².